The Kier molecular flexibility index (Phi) is 7.62. The van der Waals surface area contributed by atoms with Crippen molar-refractivity contribution < 1.29 is 14.3 Å². The molecule has 13 heteroatoms. The second kappa shape index (κ2) is 11.8. The average molecular weight is 638 g/mol. The Morgan fingerprint density at radius 3 is 2.46 bits per heavy atom. The summed E-state index contributed by atoms with van der Waals surface area (Å²) < 4.78 is 15.6. The lowest BCUT2D eigenvalue weighted by Crippen LogP contribution is -2.47. The van der Waals surface area contributed by atoms with E-state index >= 15 is 0 Å². The van der Waals surface area contributed by atoms with Crippen molar-refractivity contribution in [3.05, 3.63) is 71.4 Å². The van der Waals surface area contributed by atoms with Gasteiger partial charge in [-0.2, -0.15) is 5.26 Å². The first-order valence-corrected chi connectivity index (χ1v) is 16.1. The highest BCUT2D eigenvalue weighted by Crippen LogP contribution is 2.38. The molecule has 1 aromatic carbocycles. The second-order valence-electron chi connectivity index (χ2n) is 11.8. The number of aryl methyl sites for hydroxylation is 1. The van der Waals surface area contributed by atoms with Crippen LogP contribution in [0.2, 0.25) is 0 Å². The number of benzene rings is 1. The molecular weight excluding hydrogens is 605 g/mol. The number of nitrogens with one attached hydrogen (secondary N) is 1. The van der Waals surface area contributed by atoms with E-state index in [-0.39, 0.29) is 17.8 Å². The number of rotatable bonds is 8. The zero-order chi connectivity index (χ0) is 32.0. The van der Waals surface area contributed by atoms with Gasteiger partial charge in [0.25, 0.3) is 5.91 Å². The van der Waals surface area contributed by atoms with Gasteiger partial charge < -0.3 is 20.2 Å². The quantitative estimate of drug-likeness (QED) is 0.236. The van der Waals surface area contributed by atoms with E-state index in [1.165, 1.54) is 23.5 Å². The number of nitriles is 1. The van der Waals surface area contributed by atoms with Crippen LogP contribution in [0.25, 0.3) is 28.0 Å². The number of pyridine rings is 1. The van der Waals surface area contributed by atoms with Crippen LogP contribution in [-0.2, 0) is 11.2 Å². The summed E-state index contributed by atoms with van der Waals surface area (Å²) in [6, 6.07) is 12.3. The molecule has 1 saturated heterocycles. The molecule has 0 unspecified atom stereocenters. The Morgan fingerprint density at radius 1 is 1.11 bits per heavy atom. The third-order valence-electron chi connectivity index (χ3n) is 8.66. The molecule has 0 radical (unpaired) electrons. The molecule has 234 valence electrons. The van der Waals surface area contributed by atoms with Crippen LogP contribution in [0.15, 0.2) is 55.0 Å². The number of thiazole rings is 1. The zero-order valence-corrected chi connectivity index (χ0v) is 26.3. The van der Waals surface area contributed by atoms with E-state index in [1.54, 1.807) is 29.4 Å². The number of amides is 1. The van der Waals surface area contributed by atoms with Gasteiger partial charge in [-0.05, 0) is 68.5 Å². The van der Waals surface area contributed by atoms with Crippen LogP contribution in [-0.4, -0.2) is 72.0 Å². The number of hydrogen-bond acceptors (Lipinski definition) is 10. The minimum absolute atomic E-state index is 0.143. The van der Waals surface area contributed by atoms with Crippen LogP contribution in [0.5, 0.6) is 0 Å². The Bertz CT molecular complexity index is 1950. The van der Waals surface area contributed by atoms with Crippen molar-refractivity contribution in [2.24, 2.45) is 0 Å². The molecule has 7 rings (SSSR count). The highest BCUT2D eigenvalue weighted by Gasteiger charge is 2.50. The first kappa shape index (κ1) is 29.8. The number of carbonyl (C=O) groups excluding carboxylic acids is 1. The van der Waals surface area contributed by atoms with Gasteiger partial charge in [-0.3, -0.25) is 9.20 Å². The van der Waals surface area contributed by atoms with Crippen molar-refractivity contribution in [2.75, 3.05) is 30.4 Å². The van der Waals surface area contributed by atoms with E-state index in [2.05, 4.69) is 21.4 Å². The number of fused-ring (bicyclic) bond motifs is 1. The number of likely N-dealkylation sites (tertiary alicyclic amines) is 1. The van der Waals surface area contributed by atoms with Crippen molar-refractivity contribution >= 4 is 39.8 Å². The lowest BCUT2D eigenvalue weighted by molar-refractivity contribution is -0.143. The van der Waals surface area contributed by atoms with Crippen LogP contribution in [0, 0.1) is 17.1 Å². The van der Waals surface area contributed by atoms with E-state index in [0.717, 1.165) is 41.1 Å². The zero-order valence-electron chi connectivity index (χ0n) is 25.4. The van der Waals surface area contributed by atoms with Gasteiger partial charge in [0.1, 0.15) is 39.5 Å². The van der Waals surface area contributed by atoms with E-state index in [9.17, 15) is 19.6 Å². The number of aliphatic hydroxyl groups is 1. The summed E-state index contributed by atoms with van der Waals surface area (Å²) in [7, 11) is 1.90. The molecule has 1 aliphatic heterocycles. The SMILES string of the molecule is CCc1nc2ccc(-c3cnc(NC4CCN(C(=O)C5(O)CC5)CC4)nc3)cn2c1N(C)c1nc(-c2ccc(F)cc2)c(C#N)s1. The smallest absolute Gasteiger partial charge is 0.254 e. The molecule has 0 atom stereocenters. The van der Waals surface area contributed by atoms with Crippen LogP contribution in [0.4, 0.5) is 21.3 Å². The molecule has 1 aliphatic carbocycles. The predicted molar refractivity (Wildman–Crippen MR) is 173 cm³/mol. The first-order chi connectivity index (χ1) is 22.3. The Balaban J connectivity index is 1.10. The lowest BCUT2D eigenvalue weighted by Gasteiger charge is -2.33. The van der Waals surface area contributed by atoms with Crippen LogP contribution < -0.4 is 10.2 Å². The summed E-state index contributed by atoms with van der Waals surface area (Å²) in [5.74, 6) is 0.873. The standard InChI is InChI=1S/C33H32FN9O2S/c1-3-25-29(41(2)32-40-28(26(16-35)46-32)20-4-7-23(34)8-5-20)43-19-21(6-9-27(43)39-25)22-17-36-31(37-18-22)38-24-10-14-42(15-11-24)30(44)33(45)12-13-33/h4-9,17-19,24,45H,3,10-15H2,1-2H3,(H,36,37,38). The second-order valence-corrected chi connectivity index (χ2v) is 12.7. The fourth-order valence-corrected chi connectivity index (χ4v) is 6.70. The number of hydrogen-bond donors (Lipinski definition) is 2. The third-order valence-corrected chi connectivity index (χ3v) is 9.70. The van der Waals surface area contributed by atoms with E-state index < -0.39 is 5.60 Å². The number of anilines is 3. The third kappa shape index (κ3) is 5.54. The Labute approximate surface area is 269 Å². The van der Waals surface area contributed by atoms with Crippen molar-refractivity contribution in [3.63, 3.8) is 0 Å². The molecule has 5 aromatic rings. The van der Waals surface area contributed by atoms with Gasteiger partial charge in [0, 0.05) is 61.5 Å². The largest absolute Gasteiger partial charge is 0.380 e. The molecule has 2 fully saturated rings. The van der Waals surface area contributed by atoms with Gasteiger partial charge >= 0.3 is 0 Å². The van der Waals surface area contributed by atoms with Crippen molar-refractivity contribution in [2.45, 2.75) is 50.7 Å². The number of halogens is 1. The molecule has 4 aromatic heterocycles. The first-order valence-electron chi connectivity index (χ1n) is 15.3. The number of nitrogens with zero attached hydrogens (tertiary/aromatic N) is 8. The summed E-state index contributed by atoms with van der Waals surface area (Å²) in [6.45, 7) is 3.25. The monoisotopic (exact) mass is 637 g/mol. The Hall–Kier alpha value is -4.93. The van der Waals surface area contributed by atoms with E-state index in [4.69, 9.17) is 9.97 Å². The molecule has 5 heterocycles. The summed E-state index contributed by atoms with van der Waals surface area (Å²) in [5.41, 5.74) is 3.47. The van der Waals surface area contributed by atoms with Gasteiger partial charge in [0.05, 0.1) is 5.69 Å². The molecule has 46 heavy (non-hydrogen) atoms. The van der Waals surface area contributed by atoms with Crippen LogP contribution >= 0.6 is 11.3 Å². The molecular formula is C33H32FN9O2S. The number of imidazole rings is 1. The van der Waals surface area contributed by atoms with Crippen molar-refractivity contribution in [3.8, 4) is 28.5 Å². The average Bonchev–Trinajstić information content (AvgIpc) is 3.52. The topological polar surface area (TPSA) is 136 Å². The van der Waals surface area contributed by atoms with Crippen LogP contribution in [0.3, 0.4) is 0 Å². The predicted octanol–water partition coefficient (Wildman–Crippen LogP) is 5.18. The van der Waals surface area contributed by atoms with Gasteiger partial charge in [0.2, 0.25) is 5.95 Å². The maximum absolute atomic E-state index is 13.5. The molecule has 11 nitrogen and oxygen atoms in total. The maximum Gasteiger partial charge on any atom is 0.254 e. The van der Waals surface area contributed by atoms with Gasteiger partial charge in [-0.25, -0.2) is 24.3 Å². The fourth-order valence-electron chi connectivity index (χ4n) is 5.85. The van der Waals surface area contributed by atoms with Crippen LogP contribution in [0.1, 0.15) is 43.2 Å². The highest BCUT2D eigenvalue weighted by atomic mass is 32.1. The molecule has 2 N–H and O–H groups in total. The minimum Gasteiger partial charge on any atom is -0.380 e. The van der Waals surface area contributed by atoms with Crippen molar-refractivity contribution in [1.29, 1.82) is 5.26 Å². The maximum atomic E-state index is 13.5. The lowest BCUT2D eigenvalue weighted by atomic mass is 10.0. The normalized spacial score (nSPS) is 15.9. The summed E-state index contributed by atoms with van der Waals surface area (Å²) >= 11 is 1.28. The Morgan fingerprint density at radius 2 is 1.80 bits per heavy atom. The number of piperidine rings is 1. The molecule has 2 aliphatic rings. The molecule has 0 bridgehead atoms. The number of aromatic nitrogens is 5. The van der Waals surface area contributed by atoms with Gasteiger partial charge in [0.15, 0.2) is 5.13 Å². The summed E-state index contributed by atoms with van der Waals surface area (Å²) in [5, 5.41) is 24.0. The minimum atomic E-state index is -1.12. The van der Waals surface area contributed by atoms with E-state index in [0.29, 0.717) is 59.6 Å². The summed E-state index contributed by atoms with van der Waals surface area (Å²) in [4.78, 5) is 35.4. The molecule has 1 saturated carbocycles. The molecule has 1 amide bonds. The van der Waals surface area contributed by atoms with E-state index in [1.807, 2.05) is 41.6 Å². The fraction of sp³-hybridized carbons (Fsp3) is 0.333. The molecule has 0 spiro atoms. The van der Waals surface area contributed by atoms with Crippen molar-refractivity contribution in [1.82, 2.24) is 29.2 Å². The number of carbonyl (C=O) groups is 1. The highest BCUT2D eigenvalue weighted by molar-refractivity contribution is 7.16. The van der Waals surface area contributed by atoms with Gasteiger partial charge in [-0.15, -0.1) is 0 Å². The summed E-state index contributed by atoms with van der Waals surface area (Å²) in [6.07, 6.45) is 8.91. The van der Waals surface area contributed by atoms with Gasteiger partial charge in [-0.1, -0.05) is 18.3 Å².